The molecule has 0 radical (unpaired) electrons. The maximum atomic E-state index is 12.2. The molecule has 6 nitrogen and oxygen atoms in total. The molecule has 0 unspecified atom stereocenters. The molecule has 1 heterocycles. The first-order valence-electron chi connectivity index (χ1n) is 8.17. The molecule has 3 rings (SSSR count). The summed E-state index contributed by atoms with van der Waals surface area (Å²) in [6.07, 6.45) is 1.69. The number of ketones is 1. The Hall–Kier alpha value is -3.41. The Morgan fingerprint density at radius 2 is 1.54 bits per heavy atom. The van der Waals surface area contributed by atoms with Crippen LogP contribution in [0, 0.1) is 0 Å². The predicted octanol–water partition coefficient (Wildman–Crippen LogP) is 3.35. The zero-order valence-corrected chi connectivity index (χ0v) is 14.6. The number of benzene rings is 2. The lowest BCUT2D eigenvalue weighted by molar-refractivity contribution is 0.0949. The summed E-state index contributed by atoms with van der Waals surface area (Å²) in [4.78, 5) is 23.5. The summed E-state index contributed by atoms with van der Waals surface area (Å²) >= 11 is 0. The van der Waals surface area contributed by atoms with Crippen molar-refractivity contribution in [1.82, 2.24) is 15.1 Å². The van der Waals surface area contributed by atoms with Crippen LogP contribution in [0.1, 0.15) is 33.3 Å². The molecule has 1 N–H and O–H groups in total. The maximum Gasteiger partial charge on any atom is 0.251 e. The smallest absolute Gasteiger partial charge is 0.251 e. The van der Waals surface area contributed by atoms with E-state index in [1.165, 1.54) is 6.92 Å². The first-order valence-corrected chi connectivity index (χ1v) is 8.17. The molecule has 26 heavy (non-hydrogen) atoms. The van der Waals surface area contributed by atoms with Crippen molar-refractivity contribution in [3.05, 3.63) is 77.6 Å². The summed E-state index contributed by atoms with van der Waals surface area (Å²) in [6, 6.07) is 15.7. The van der Waals surface area contributed by atoms with Crippen molar-refractivity contribution >= 4 is 11.7 Å². The summed E-state index contributed by atoms with van der Waals surface area (Å²) in [5, 5.41) is 6.92. The number of hydrogen-bond donors (Lipinski definition) is 1. The van der Waals surface area contributed by atoms with Crippen LogP contribution in [0.3, 0.4) is 0 Å². The highest BCUT2D eigenvalue weighted by molar-refractivity contribution is 5.94. The first-order chi connectivity index (χ1) is 12.5. The van der Waals surface area contributed by atoms with Crippen molar-refractivity contribution in [2.24, 2.45) is 7.05 Å². The SMILES string of the molecule is CC(=O)c1ccc(Oc2ccc(C(=O)NCc3ccnn3C)cc2)cc1. The van der Waals surface area contributed by atoms with Gasteiger partial charge in [-0.1, -0.05) is 0 Å². The van der Waals surface area contributed by atoms with Crippen LogP contribution in [0.4, 0.5) is 0 Å². The lowest BCUT2D eigenvalue weighted by Gasteiger charge is -2.08. The van der Waals surface area contributed by atoms with E-state index >= 15 is 0 Å². The number of carbonyl (C=O) groups is 2. The van der Waals surface area contributed by atoms with Gasteiger partial charge in [0.15, 0.2) is 5.78 Å². The van der Waals surface area contributed by atoms with Crippen molar-refractivity contribution in [3.63, 3.8) is 0 Å². The number of amides is 1. The quantitative estimate of drug-likeness (QED) is 0.693. The Labute approximate surface area is 151 Å². The zero-order valence-electron chi connectivity index (χ0n) is 14.6. The van der Waals surface area contributed by atoms with Crippen LogP contribution in [0.2, 0.25) is 0 Å². The van der Waals surface area contributed by atoms with Gasteiger partial charge in [0.1, 0.15) is 11.5 Å². The molecule has 6 heteroatoms. The molecule has 132 valence electrons. The Kier molecular flexibility index (Phi) is 5.12. The second kappa shape index (κ2) is 7.65. The van der Waals surface area contributed by atoms with E-state index in [0.29, 0.717) is 29.2 Å². The normalized spacial score (nSPS) is 10.4. The van der Waals surface area contributed by atoms with Gasteiger partial charge in [0, 0.05) is 24.4 Å². The van der Waals surface area contributed by atoms with Crippen molar-refractivity contribution in [3.8, 4) is 11.5 Å². The number of ether oxygens (including phenoxy) is 1. The highest BCUT2D eigenvalue weighted by atomic mass is 16.5. The Balaban J connectivity index is 1.59. The summed E-state index contributed by atoms with van der Waals surface area (Å²) in [6.45, 7) is 1.93. The highest BCUT2D eigenvalue weighted by Gasteiger charge is 2.07. The minimum absolute atomic E-state index is 0.0121. The van der Waals surface area contributed by atoms with E-state index in [9.17, 15) is 9.59 Å². The number of aromatic nitrogens is 2. The fourth-order valence-electron chi connectivity index (χ4n) is 2.42. The maximum absolute atomic E-state index is 12.2. The van der Waals surface area contributed by atoms with E-state index in [0.717, 1.165) is 5.69 Å². The largest absolute Gasteiger partial charge is 0.457 e. The van der Waals surface area contributed by atoms with Gasteiger partial charge in [-0.2, -0.15) is 5.10 Å². The average molecular weight is 349 g/mol. The van der Waals surface area contributed by atoms with Gasteiger partial charge in [-0.3, -0.25) is 14.3 Å². The Morgan fingerprint density at radius 3 is 2.04 bits per heavy atom. The molecular formula is C20H19N3O3. The van der Waals surface area contributed by atoms with E-state index in [1.807, 2.05) is 13.1 Å². The number of carbonyl (C=O) groups excluding carboxylic acids is 2. The van der Waals surface area contributed by atoms with E-state index in [-0.39, 0.29) is 11.7 Å². The summed E-state index contributed by atoms with van der Waals surface area (Å²) in [7, 11) is 1.83. The molecule has 0 atom stereocenters. The highest BCUT2D eigenvalue weighted by Crippen LogP contribution is 2.22. The molecule has 0 bridgehead atoms. The molecule has 0 saturated carbocycles. The van der Waals surface area contributed by atoms with Crippen LogP contribution < -0.4 is 10.1 Å². The predicted molar refractivity (Wildman–Crippen MR) is 97.3 cm³/mol. The van der Waals surface area contributed by atoms with Gasteiger partial charge < -0.3 is 10.1 Å². The molecule has 0 fully saturated rings. The molecule has 1 aromatic heterocycles. The topological polar surface area (TPSA) is 73.2 Å². The Bertz CT molecular complexity index is 912. The fraction of sp³-hybridized carbons (Fsp3) is 0.150. The van der Waals surface area contributed by atoms with Crippen LogP contribution in [-0.4, -0.2) is 21.5 Å². The van der Waals surface area contributed by atoms with E-state index < -0.39 is 0 Å². The number of Topliss-reactive ketones (excluding diaryl/α,β-unsaturated/α-hetero) is 1. The number of rotatable bonds is 6. The first kappa shape index (κ1) is 17.4. The number of nitrogens with one attached hydrogen (secondary N) is 1. The molecule has 2 aromatic carbocycles. The van der Waals surface area contributed by atoms with E-state index in [1.54, 1.807) is 59.4 Å². The van der Waals surface area contributed by atoms with Crippen LogP contribution in [-0.2, 0) is 13.6 Å². The fourth-order valence-corrected chi connectivity index (χ4v) is 2.42. The lowest BCUT2D eigenvalue weighted by atomic mass is 10.1. The monoisotopic (exact) mass is 349 g/mol. The number of nitrogens with zero attached hydrogens (tertiary/aromatic N) is 2. The zero-order chi connectivity index (χ0) is 18.5. The van der Waals surface area contributed by atoms with Crippen LogP contribution in [0.15, 0.2) is 60.8 Å². The molecular weight excluding hydrogens is 330 g/mol. The number of hydrogen-bond acceptors (Lipinski definition) is 4. The lowest BCUT2D eigenvalue weighted by Crippen LogP contribution is -2.23. The average Bonchev–Trinajstić information content (AvgIpc) is 3.06. The van der Waals surface area contributed by atoms with Crippen LogP contribution in [0.25, 0.3) is 0 Å². The van der Waals surface area contributed by atoms with Crippen LogP contribution >= 0.6 is 0 Å². The molecule has 1 amide bonds. The Morgan fingerprint density at radius 1 is 0.962 bits per heavy atom. The van der Waals surface area contributed by atoms with Gasteiger partial charge in [0.2, 0.25) is 0 Å². The summed E-state index contributed by atoms with van der Waals surface area (Å²) < 4.78 is 7.44. The van der Waals surface area contributed by atoms with E-state index in [2.05, 4.69) is 10.4 Å². The van der Waals surface area contributed by atoms with Gasteiger partial charge >= 0.3 is 0 Å². The molecule has 0 spiro atoms. The third-order valence-corrected chi connectivity index (χ3v) is 3.97. The van der Waals surface area contributed by atoms with Crippen molar-refractivity contribution in [2.75, 3.05) is 0 Å². The third-order valence-electron chi connectivity index (χ3n) is 3.97. The molecule has 3 aromatic rings. The van der Waals surface area contributed by atoms with Crippen LogP contribution in [0.5, 0.6) is 11.5 Å². The molecule has 0 aliphatic carbocycles. The van der Waals surface area contributed by atoms with Gasteiger partial charge in [0.25, 0.3) is 5.91 Å². The van der Waals surface area contributed by atoms with Gasteiger partial charge in [-0.25, -0.2) is 0 Å². The van der Waals surface area contributed by atoms with Gasteiger partial charge in [-0.05, 0) is 61.5 Å². The van der Waals surface area contributed by atoms with E-state index in [4.69, 9.17) is 4.74 Å². The summed E-state index contributed by atoms with van der Waals surface area (Å²) in [5.41, 5.74) is 2.11. The summed E-state index contributed by atoms with van der Waals surface area (Å²) in [5.74, 6) is 1.09. The molecule has 0 aliphatic rings. The third kappa shape index (κ3) is 4.16. The van der Waals surface area contributed by atoms with Gasteiger partial charge in [-0.15, -0.1) is 0 Å². The van der Waals surface area contributed by atoms with Crippen molar-refractivity contribution in [1.29, 1.82) is 0 Å². The second-order valence-electron chi connectivity index (χ2n) is 5.84. The van der Waals surface area contributed by atoms with Crippen molar-refractivity contribution in [2.45, 2.75) is 13.5 Å². The van der Waals surface area contributed by atoms with Crippen molar-refractivity contribution < 1.29 is 14.3 Å². The standard InChI is InChI=1S/C20H19N3O3/c1-14(24)15-3-7-18(8-4-15)26-19-9-5-16(6-10-19)20(25)21-13-17-11-12-22-23(17)2/h3-12H,13H2,1-2H3,(H,21,25). The second-order valence-corrected chi connectivity index (χ2v) is 5.84. The molecule has 0 aliphatic heterocycles. The molecule has 0 saturated heterocycles. The minimum Gasteiger partial charge on any atom is -0.457 e. The minimum atomic E-state index is -0.163. The number of aryl methyl sites for hydroxylation is 1. The van der Waals surface area contributed by atoms with Gasteiger partial charge in [0.05, 0.1) is 12.2 Å².